The molecular weight excluding hydrogens is 338 g/mol. The van der Waals surface area contributed by atoms with Crippen molar-refractivity contribution < 1.29 is 4.79 Å². The first kappa shape index (κ1) is 15.9. The predicted molar refractivity (Wildman–Crippen MR) is 93.0 cm³/mol. The fourth-order valence-electron chi connectivity index (χ4n) is 2.92. The molecule has 0 spiro atoms. The maximum absolute atomic E-state index is 13.0. The lowest BCUT2D eigenvalue weighted by Gasteiger charge is -2.35. The fraction of sp³-hybridized carbons (Fsp3) is 0.312. The lowest BCUT2D eigenvalue weighted by atomic mass is 10.1. The van der Waals surface area contributed by atoms with Gasteiger partial charge < -0.3 is 14.8 Å². The zero-order chi connectivity index (χ0) is 17.2. The summed E-state index contributed by atoms with van der Waals surface area (Å²) in [7, 11) is 1.94. The summed E-state index contributed by atoms with van der Waals surface area (Å²) in [5.74, 6) is 0.783. The third kappa shape index (κ3) is 3.03. The van der Waals surface area contributed by atoms with Crippen molar-refractivity contribution in [1.29, 1.82) is 0 Å². The van der Waals surface area contributed by atoms with E-state index in [9.17, 15) is 4.79 Å². The highest BCUT2D eigenvalue weighted by Gasteiger charge is 2.32. The number of carbonyl (C=O) groups is 1. The van der Waals surface area contributed by atoms with E-state index in [1.807, 2.05) is 22.7 Å². The lowest BCUT2D eigenvalue weighted by molar-refractivity contribution is 0.0615. The van der Waals surface area contributed by atoms with E-state index in [2.05, 4.69) is 25.3 Å². The van der Waals surface area contributed by atoms with Crippen LogP contribution < -0.4 is 5.32 Å². The van der Waals surface area contributed by atoms with Crippen LogP contribution in [-0.2, 0) is 7.05 Å². The minimum absolute atomic E-state index is 0.0825. The smallest absolute Gasteiger partial charge is 0.274 e. The van der Waals surface area contributed by atoms with Gasteiger partial charge in [-0.15, -0.1) is 11.3 Å². The second-order valence-electron chi connectivity index (χ2n) is 5.74. The van der Waals surface area contributed by atoms with Crippen LogP contribution >= 0.6 is 11.3 Å². The van der Waals surface area contributed by atoms with Crippen LogP contribution in [0.2, 0.25) is 0 Å². The molecule has 4 heterocycles. The highest BCUT2D eigenvalue weighted by molar-refractivity contribution is 7.13. The largest absolute Gasteiger partial charge is 0.336 e. The van der Waals surface area contributed by atoms with Crippen LogP contribution in [0.3, 0.4) is 0 Å². The van der Waals surface area contributed by atoms with Gasteiger partial charge in [-0.05, 0) is 0 Å². The fourth-order valence-corrected chi connectivity index (χ4v) is 3.68. The molecule has 9 heteroatoms. The summed E-state index contributed by atoms with van der Waals surface area (Å²) in [6.07, 6.45) is 8.52. The number of aryl methyl sites for hydroxylation is 1. The number of hydrogen-bond acceptors (Lipinski definition) is 7. The second kappa shape index (κ2) is 6.69. The number of imidazole rings is 1. The van der Waals surface area contributed by atoms with Gasteiger partial charge in [0.1, 0.15) is 28.3 Å². The van der Waals surface area contributed by atoms with Gasteiger partial charge in [0.2, 0.25) is 0 Å². The summed E-state index contributed by atoms with van der Waals surface area (Å²) in [6, 6.07) is -0.108. The van der Waals surface area contributed by atoms with Gasteiger partial charge >= 0.3 is 0 Å². The van der Waals surface area contributed by atoms with Crippen LogP contribution in [0.4, 0.5) is 0 Å². The molecule has 1 aliphatic rings. The average molecular weight is 355 g/mol. The molecule has 0 bridgehead atoms. The first-order valence-electron chi connectivity index (χ1n) is 7.95. The van der Waals surface area contributed by atoms with Crippen LogP contribution in [0, 0.1) is 0 Å². The highest BCUT2D eigenvalue weighted by Crippen LogP contribution is 2.26. The molecule has 25 heavy (non-hydrogen) atoms. The van der Waals surface area contributed by atoms with Crippen molar-refractivity contribution >= 4 is 17.2 Å². The second-order valence-corrected chi connectivity index (χ2v) is 6.60. The molecule has 1 saturated heterocycles. The van der Waals surface area contributed by atoms with Crippen molar-refractivity contribution in [2.75, 3.05) is 19.6 Å². The van der Waals surface area contributed by atoms with Crippen molar-refractivity contribution in [2.45, 2.75) is 6.04 Å². The van der Waals surface area contributed by atoms with E-state index < -0.39 is 0 Å². The first-order valence-corrected chi connectivity index (χ1v) is 8.83. The Bertz CT molecular complexity index is 876. The third-order valence-electron chi connectivity index (χ3n) is 4.17. The standard InChI is InChI=1S/C16H17N7OS/c1-22-6-5-20-14(22)13-9-18-4-7-23(13)16(24)12-10-25-15(21-12)11-8-17-2-3-19-11/h2-3,5-6,8,10,13,18H,4,7,9H2,1H3. The molecule has 128 valence electrons. The normalized spacial score (nSPS) is 17.6. The van der Waals surface area contributed by atoms with E-state index in [1.54, 1.807) is 30.2 Å². The van der Waals surface area contributed by atoms with Gasteiger partial charge in [-0.25, -0.2) is 9.97 Å². The van der Waals surface area contributed by atoms with Crippen molar-refractivity contribution in [3.8, 4) is 10.7 Å². The molecule has 1 fully saturated rings. The molecule has 3 aromatic heterocycles. The molecule has 4 rings (SSSR count). The van der Waals surface area contributed by atoms with E-state index in [1.165, 1.54) is 11.3 Å². The zero-order valence-corrected chi connectivity index (χ0v) is 14.5. The Hall–Kier alpha value is -2.65. The summed E-state index contributed by atoms with van der Waals surface area (Å²) >= 11 is 1.40. The molecule has 1 N–H and O–H groups in total. The summed E-state index contributed by atoms with van der Waals surface area (Å²) in [6.45, 7) is 2.06. The minimum atomic E-state index is -0.108. The Morgan fingerprint density at radius 3 is 3.00 bits per heavy atom. The van der Waals surface area contributed by atoms with Crippen molar-refractivity contribution in [3.63, 3.8) is 0 Å². The van der Waals surface area contributed by atoms with Crippen LogP contribution in [-0.4, -0.2) is 54.9 Å². The summed E-state index contributed by atoms with van der Waals surface area (Å²) < 4.78 is 1.95. The quantitative estimate of drug-likeness (QED) is 0.757. The molecule has 1 aliphatic heterocycles. The van der Waals surface area contributed by atoms with Gasteiger partial charge in [-0.2, -0.15) is 0 Å². The molecular formula is C16H17N7OS. The Kier molecular flexibility index (Phi) is 4.24. The van der Waals surface area contributed by atoms with Crippen LogP contribution in [0.1, 0.15) is 22.4 Å². The zero-order valence-electron chi connectivity index (χ0n) is 13.7. The number of aromatic nitrogens is 5. The lowest BCUT2D eigenvalue weighted by Crippen LogP contribution is -2.49. The number of amides is 1. The van der Waals surface area contributed by atoms with Crippen LogP contribution in [0.25, 0.3) is 10.7 Å². The molecule has 0 aliphatic carbocycles. The number of rotatable bonds is 3. The highest BCUT2D eigenvalue weighted by atomic mass is 32.1. The topological polar surface area (TPSA) is 88.8 Å². The molecule has 0 radical (unpaired) electrons. The van der Waals surface area contributed by atoms with Crippen molar-refractivity contribution in [1.82, 2.24) is 34.7 Å². The van der Waals surface area contributed by atoms with E-state index in [4.69, 9.17) is 0 Å². The van der Waals surface area contributed by atoms with Crippen LogP contribution in [0.5, 0.6) is 0 Å². The predicted octanol–water partition coefficient (Wildman–Crippen LogP) is 1.12. The number of nitrogens with zero attached hydrogens (tertiary/aromatic N) is 6. The number of hydrogen-bond donors (Lipinski definition) is 1. The Labute approximate surface area is 148 Å². The summed E-state index contributed by atoms with van der Waals surface area (Å²) in [5, 5.41) is 5.81. The first-order chi connectivity index (χ1) is 12.2. The molecule has 0 saturated carbocycles. The van der Waals surface area contributed by atoms with Gasteiger partial charge in [0.05, 0.1) is 6.20 Å². The van der Waals surface area contributed by atoms with E-state index in [0.717, 1.165) is 12.4 Å². The van der Waals surface area contributed by atoms with E-state index >= 15 is 0 Å². The maximum atomic E-state index is 13.0. The van der Waals surface area contributed by atoms with Crippen LogP contribution in [0.15, 0.2) is 36.4 Å². The van der Waals surface area contributed by atoms with Crippen molar-refractivity contribution in [3.05, 3.63) is 47.9 Å². The maximum Gasteiger partial charge on any atom is 0.274 e. The van der Waals surface area contributed by atoms with Gasteiger partial charge in [0.25, 0.3) is 5.91 Å². The molecule has 0 aromatic carbocycles. The summed E-state index contributed by atoms with van der Waals surface area (Å²) in [5.41, 5.74) is 1.11. The number of nitrogens with one attached hydrogen (secondary N) is 1. The molecule has 1 atom stereocenters. The molecule has 1 amide bonds. The molecule has 1 unspecified atom stereocenters. The Morgan fingerprint density at radius 1 is 1.32 bits per heavy atom. The van der Waals surface area contributed by atoms with Crippen molar-refractivity contribution in [2.24, 2.45) is 7.05 Å². The number of thiazole rings is 1. The van der Waals surface area contributed by atoms with Gasteiger partial charge in [-0.1, -0.05) is 0 Å². The Balaban J connectivity index is 1.61. The summed E-state index contributed by atoms with van der Waals surface area (Å²) in [4.78, 5) is 32.0. The van der Waals surface area contributed by atoms with E-state index in [-0.39, 0.29) is 11.9 Å². The monoisotopic (exact) mass is 355 g/mol. The molecule has 8 nitrogen and oxygen atoms in total. The van der Waals surface area contributed by atoms with Gasteiger partial charge in [-0.3, -0.25) is 14.8 Å². The van der Waals surface area contributed by atoms with Gasteiger partial charge in [0, 0.05) is 56.8 Å². The Morgan fingerprint density at radius 2 is 2.24 bits per heavy atom. The van der Waals surface area contributed by atoms with E-state index in [0.29, 0.717) is 29.5 Å². The average Bonchev–Trinajstić information content (AvgIpc) is 3.31. The molecule has 3 aromatic rings. The minimum Gasteiger partial charge on any atom is -0.336 e. The number of carbonyl (C=O) groups excluding carboxylic acids is 1. The number of piperazine rings is 1. The third-order valence-corrected chi connectivity index (χ3v) is 5.03. The van der Waals surface area contributed by atoms with Gasteiger partial charge in [0.15, 0.2) is 0 Å². The SMILES string of the molecule is Cn1ccnc1C1CNCCN1C(=O)c1csc(-c2cnccn2)n1.